The van der Waals surface area contributed by atoms with E-state index in [0.29, 0.717) is 33.9 Å². The van der Waals surface area contributed by atoms with Crippen LogP contribution >= 0.6 is 23.2 Å². The van der Waals surface area contributed by atoms with Gasteiger partial charge in [-0.2, -0.15) is 5.26 Å². The number of allylic oxidation sites excluding steroid dienone is 1. The van der Waals surface area contributed by atoms with Gasteiger partial charge in [-0.1, -0.05) is 35.3 Å². The zero-order valence-electron chi connectivity index (χ0n) is 17.8. The van der Waals surface area contributed by atoms with Crippen molar-refractivity contribution in [3.8, 4) is 23.3 Å². The molecule has 8 heteroatoms. The van der Waals surface area contributed by atoms with Gasteiger partial charge >= 0.3 is 5.97 Å². The van der Waals surface area contributed by atoms with E-state index in [1.807, 2.05) is 0 Å². The van der Waals surface area contributed by atoms with Crippen molar-refractivity contribution in [2.75, 3.05) is 14.2 Å². The first kappa shape index (κ1) is 24.0. The van der Waals surface area contributed by atoms with E-state index in [-0.39, 0.29) is 22.2 Å². The molecular formula is C25H19Cl2NO5. The maximum Gasteiger partial charge on any atom is 0.335 e. The summed E-state index contributed by atoms with van der Waals surface area (Å²) in [5.74, 6) is 0.362. The minimum Gasteiger partial charge on any atom is -0.493 e. The molecule has 3 rings (SSSR count). The highest BCUT2D eigenvalue weighted by Gasteiger charge is 2.12. The number of hydrogen-bond donors (Lipinski definition) is 1. The molecule has 0 aromatic heterocycles. The number of aromatic carboxylic acids is 1. The molecule has 3 aromatic carbocycles. The molecule has 0 saturated carbocycles. The third kappa shape index (κ3) is 5.78. The van der Waals surface area contributed by atoms with Gasteiger partial charge in [0.15, 0.2) is 17.2 Å². The van der Waals surface area contributed by atoms with E-state index in [2.05, 4.69) is 6.07 Å². The number of hydrogen-bond acceptors (Lipinski definition) is 5. The molecule has 6 nitrogen and oxygen atoms in total. The van der Waals surface area contributed by atoms with E-state index in [1.165, 1.54) is 26.4 Å². The number of rotatable bonds is 8. The van der Waals surface area contributed by atoms with Crippen molar-refractivity contribution in [2.24, 2.45) is 0 Å². The highest BCUT2D eigenvalue weighted by atomic mass is 35.5. The SMILES string of the molecule is COc1ccc(/C(C#N)=C/c2cc(Cl)c(OCc3ccc(C(=O)O)cc3)c(Cl)c2)cc1OC. The third-order valence-electron chi connectivity index (χ3n) is 4.73. The van der Waals surface area contributed by atoms with E-state index < -0.39 is 5.97 Å². The van der Waals surface area contributed by atoms with Crippen LogP contribution in [0.4, 0.5) is 0 Å². The molecule has 0 aliphatic carbocycles. The lowest BCUT2D eigenvalue weighted by molar-refractivity contribution is 0.0697. The van der Waals surface area contributed by atoms with Crippen molar-refractivity contribution in [2.45, 2.75) is 6.61 Å². The Morgan fingerprint density at radius 2 is 1.58 bits per heavy atom. The predicted octanol–water partition coefficient (Wildman–Crippen LogP) is 6.35. The molecule has 0 bridgehead atoms. The molecule has 0 fully saturated rings. The van der Waals surface area contributed by atoms with Gasteiger partial charge in [0.2, 0.25) is 0 Å². The summed E-state index contributed by atoms with van der Waals surface area (Å²) in [5, 5.41) is 19.2. The lowest BCUT2D eigenvalue weighted by atomic mass is 10.0. The van der Waals surface area contributed by atoms with E-state index in [1.54, 1.807) is 48.5 Å². The van der Waals surface area contributed by atoms with Gasteiger partial charge in [0.25, 0.3) is 0 Å². The number of benzene rings is 3. The first-order chi connectivity index (χ1) is 15.9. The van der Waals surface area contributed by atoms with Crippen LogP contribution in [0.15, 0.2) is 54.6 Å². The summed E-state index contributed by atoms with van der Waals surface area (Å²) >= 11 is 12.8. The van der Waals surface area contributed by atoms with Gasteiger partial charge in [0, 0.05) is 0 Å². The molecule has 0 spiro atoms. The Labute approximate surface area is 201 Å². The van der Waals surface area contributed by atoms with Crippen molar-refractivity contribution < 1.29 is 24.1 Å². The summed E-state index contributed by atoms with van der Waals surface area (Å²) in [6.45, 7) is 0.156. The standard InChI is InChI=1S/C25H19Cl2NO5/c1-31-22-8-7-18(12-23(22)32-2)19(13-28)9-16-10-20(26)24(21(27)11-16)33-14-15-3-5-17(6-4-15)25(29)30/h3-12H,14H2,1-2H3,(H,29,30)/b19-9+. The molecule has 0 aliphatic rings. The van der Waals surface area contributed by atoms with Crippen LogP contribution < -0.4 is 14.2 Å². The quantitative estimate of drug-likeness (QED) is 0.296. The van der Waals surface area contributed by atoms with Crippen LogP contribution in [0, 0.1) is 11.3 Å². The summed E-state index contributed by atoms with van der Waals surface area (Å²) in [4.78, 5) is 11.0. The normalized spacial score (nSPS) is 10.9. The van der Waals surface area contributed by atoms with Crippen LogP contribution in [-0.2, 0) is 6.61 Å². The van der Waals surface area contributed by atoms with Crippen LogP contribution in [0.1, 0.15) is 27.0 Å². The molecule has 33 heavy (non-hydrogen) atoms. The summed E-state index contributed by atoms with van der Waals surface area (Å²) in [5.41, 5.74) is 2.60. The zero-order chi connectivity index (χ0) is 24.0. The third-order valence-corrected chi connectivity index (χ3v) is 5.29. The second-order valence-electron chi connectivity index (χ2n) is 6.84. The molecule has 0 unspecified atom stereocenters. The average molecular weight is 484 g/mol. The highest BCUT2D eigenvalue weighted by molar-refractivity contribution is 6.37. The monoisotopic (exact) mass is 483 g/mol. The highest BCUT2D eigenvalue weighted by Crippen LogP contribution is 2.36. The molecule has 0 amide bonds. The van der Waals surface area contributed by atoms with Crippen molar-refractivity contribution in [1.29, 1.82) is 5.26 Å². The fourth-order valence-electron chi connectivity index (χ4n) is 3.05. The van der Waals surface area contributed by atoms with Crippen LogP contribution in [-0.4, -0.2) is 25.3 Å². The number of nitriles is 1. The Morgan fingerprint density at radius 1 is 0.970 bits per heavy atom. The summed E-state index contributed by atoms with van der Waals surface area (Å²) in [7, 11) is 3.06. The number of carboxylic acid groups (broad SMARTS) is 1. The van der Waals surface area contributed by atoms with Crippen LogP contribution in [0.3, 0.4) is 0 Å². The van der Waals surface area contributed by atoms with Crippen LogP contribution in [0.5, 0.6) is 17.2 Å². The van der Waals surface area contributed by atoms with Gasteiger partial charge in [0.05, 0.1) is 41.5 Å². The summed E-state index contributed by atoms with van der Waals surface area (Å²) in [6, 6.07) is 17.0. The maximum absolute atomic E-state index is 11.0. The smallest absolute Gasteiger partial charge is 0.335 e. The Morgan fingerprint density at radius 3 is 2.12 bits per heavy atom. The molecule has 0 heterocycles. The largest absolute Gasteiger partial charge is 0.493 e. The minimum atomic E-state index is -0.998. The molecule has 1 N–H and O–H groups in total. The second-order valence-corrected chi connectivity index (χ2v) is 7.66. The second kappa shape index (κ2) is 10.8. The Kier molecular flexibility index (Phi) is 7.83. The number of halogens is 2. The average Bonchev–Trinajstić information content (AvgIpc) is 2.81. The zero-order valence-corrected chi connectivity index (χ0v) is 19.3. The van der Waals surface area contributed by atoms with E-state index in [4.69, 9.17) is 42.5 Å². The van der Waals surface area contributed by atoms with Gasteiger partial charge in [-0.05, 0) is 65.2 Å². The maximum atomic E-state index is 11.0. The summed E-state index contributed by atoms with van der Waals surface area (Å²) < 4.78 is 16.3. The van der Waals surface area contributed by atoms with Crippen molar-refractivity contribution in [1.82, 2.24) is 0 Å². The minimum absolute atomic E-state index is 0.156. The topological polar surface area (TPSA) is 88.8 Å². The fourth-order valence-corrected chi connectivity index (χ4v) is 3.66. The van der Waals surface area contributed by atoms with Gasteiger partial charge < -0.3 is 19.3 Å². The van der Waals surface area contributed by atoms with Crippen molar-refractivity contribution in [3.05, 3.63) is 86.9 Å². The number of carboxylic acids is 1. The molecule has 0 aliphatic heterocycles. The van der Waals surface area contributed by atoms with E-state index >= 15 is 0 Å². The van der Waals surface area contributed by atoms with Gasteiger partial charge in [-0.3, -0.25) is 0 Å². The number of methoxy groups -OCH3 is 2. The number of nitrogens with zero attached hydrogens (tertiary/aromatic N) is 1. The Hall–Kier alpha value is -3.66. The van der Waals surface area contributed by atoms with Gasteiger partial charge in [-0.25, -0.2) is 4.79 Å². The molecular weight excluding hydrogens is 465 g/mol. The first-order valence-corrected chi connectivity index (χ1v) is 10.4. The predicted molar refractivity (Wildman–Crippen MR) is 127 cm³/mol. The van der Waals surface area contributed by atoms with E-state index in [0.717, 1.165) is 5.56 Å². The van der Waals surface area contributed by atoms with Gasteiger partial charge in [0.1, 0.15) is 6.61 Å². The van der Waals surface area contributed by atoms with Gasteiger partial charge in [-0.15, -0.1) is 0 Å². The fraction of sp³-hybridized carbons (Fsp3) is 0.120. The Balaban J connectivity index is 1.83. The first-order valence-electron chi connectivity index (χ1n) is 9.64. The lowest BCUT2D eigenvalue weighted by Gasteiger charge is -2.12. The number of carbonyl (C=O) groups is 1. The molecule has 168 valence electrons. The van der Waals surface area contributed by atoms with Crippen molar-refractivity contribution >= 4 is 40.8 Å². The van der Waals surface area contributed by atoms with Crippen LogP contribution in [0.25, 0.3) is 11.6 Å². The lowest BCUT2D eigenvalue weighted by Crippen LogP contribution is -1.99. The summed E-state index contributed by atoms with van der Waals surface area (Å²) in [6.07, 6.45) is 1.66. The Bertz CT molecular complexity index is 1220. The number of ether oxygens (including phenoxy) is 3. The van der Waals surface area contributed by atoms with Crippen LogP contribution in [0.2, 0.25) is 10.0 Å². The molecule has 0 saturated heterocycles. The van der Waals surface area contributed by atoms with E-state index in [9.17, 15) is 10.1 Å². The molecule has 0 atom stereocenters. The molecule has 3 aromatic rings. The molecule has 0 radical (unpaired) electrons. The van der Waals surface area contributed by atoms with Crippen molar-refractivity contribution in [3.63, 3.8) is 0 Å².